The highest BCUT2D eigenvalue weighted by Crippen LogP contribution is 2.24. The van der Waals surface area contributed by atoms with Crippen LogP contribution < -0.4 is 10.1 Å². The zero-order chi connectivity index (χ0) is 15.2. The molecule has 0 aliphatic rings. The molecule has 0 aliphatic heterocycles. The number of benzene rings is 2. The molecule has 2 aromatic rings. The monoisotopic (exact) mass is 321 g/mol. The Morgan fingerprint density at radius 1 is 1.24 bits per heavy atom. The molecule has 0 fully saturated rings. The van der Waals surface area contributed by atoms with Crippen LogP contribution >= 0.6 is 23.4 Å². The lowest BCUT2D eigenvalue weighted by molar-refractivity contribution is -0.122. The molecule has 1 amide bonds. The molecule has 110 valence electrons. The molecule has 0 spiro atoms. The summed E-state index contributed by atoms with van der Waals surface area (Å²) in [6.45, 7) is 1.69. The molecule has 0 aliphatic carbocycles. The average Bonchev–Trinajstić information content (AvgIpc) is 2.49. The van der Waals surface area contributed by atoms with Crippen molar-refractivity contribution < 1.29 is 9.53 Å². The van der Waals surface area contributed by atoms with Crippen LogP contribution in [-0.2, 0) is 4.79 Å². The third-order valence-electron chi connectivity index (χ3n) is 2.85. The van der Waals surface area contributed by atoms with Gasteiger partial charge in [-0.2, -0.15) is 0 Å². The lowest BCUT2D eigenvalue weighted by Crippen LogP contribution is -2.30. The second kappa shape index (κ2) is 7.38. The topological polar surface area (TPSA) is 38.3 Å². The first-order chi connectivity index (χ1) is 10.1. The number of hydrogen-bond acceptors (Lipinski definition) is 3. The minimum atomic E-state index is -0.636. The molecule has 0 aromatic heterocycles. The van der Waals surface area contributed by atoms with E-state index in [0.29, 0.717) is 10.8 Å². The summed E-state index contributed by atoms with van der Waals surface area (Å²) in [7, 11) is 0. The van der Waals surface area contributed by atoms with Crippen LogP contribution in [0.4, 0.5) is 5.69 Å². The van der Waals surface area contributed by atoms with Crippen molar-refractivity contribution in [1.82, 2.24) is 0 Å². The molecule has 1 atom stereocenters. The molecule has 1 N–H and O–H groups in total. The zero-order valence-corrected chi connectivity index (χ0v) is 13.4. The fraction of sp³-hybridized carbons (Fsp3) is 0.188. The summed E-state index contributed by atoms with van der Waals surface area (Å²) in [6.07, 6.45) is 1.35. The summed E-state index contributed by atoms with van der Waals surface area (Å²) in [4.78, 5) is 13.2. The summed E-state index contributed by atoms with van der Waals surface area (Å²) in [5.41, 5.74) is 0.751. The van der Waals surface area contributed by atoms with Crippen molar-refractivity contribution in [1.29, 1.82) is 0 Å². The number of ether oxygens (including phenoxy) is 1. The van der Waals surface area contributed by atoms with E-state index in [0.717, 1.165) is 10.6 Å². The maximum absolute atomic E-state index is 12.1. The molecule has 3 nitrogen and oxygen atoms in total. The number of halogens is 1. The largest absolute Gasteiger partial charge is 0.479 e. The lowest BCUT2D eigenvalue weighted by atomic mass is 10.3. The van der Waals surface area contributed by atoms with Gasteiger partial charge in [0.05, 0.1) is 5.02 Å². The number of para-hydroxylation sites is 1. The van der Waals surface area contributed by atoms with Gasteiger partial charge in [0.2, 0.25) is 0 Å². The molecule has 21 heavy (non-hydrogen) atoms. The van der Waals surface area contributed by atoms with Crippen LogP contribution in [0.25, 0.3) is 0 Å². The minimum absolute atomic E-state index is 0.215. The number of nitrogens with one attached hydrogen (secondary N) is 1. The van der Waals surface area contributed by atoms with Crippen molar-refractivity contribution in [3.05, 3.63) is 53.6 Å². The van der Waals surface area contributed by atoms with Crippen molar-refractivity contribution in [2.24, 2.45) is 0 Å². The van der Waals surface area contributed by atoms with Crippen LogP contribution in [0.3, 0.4) is 0 Å². The predicted octanol–water partition coefficient (Wildman–Crippen LogP) is 4.47. The van der Waals surface area contributed by atoms with E-state index in [1.807, 2.05) is 42.7 Å². The average molecular weight is 322 g/mol. The number of thioether (sulfide) groups is 1. The fourth-order valence-electron chi connectivity index (χ4n) is 1.73. The normalized spacial score (nSPS) is 11.8. The van der Waals surface area contributed by atoms with E-state index in [-0.39, 0.29) is 5.91 Å². The Morgan fingerprint density at radius 3 is 2.71 bits per heavy atom. The fourth-order valence-corrected chi connectivity index (χ4v) is 2.37. The van der Waals surface area contributed by atoms with Crippen molar-refractivity contribution in [3.8, 4) is 5.75 Å². The van der Waals surface area contributed by atoms with Gasteiger partial charge in [0.1, 0.15) is 5.75 Å². The van der Waals surface area contributed by atoms with E-state index in [9.17, 15) is 4.79 Å². The Hall–Kier alpha value is -1.65. The van der Waals surface area contributed by atoms with Gasteiger partial charge in [-0.25, -0.2) is 0 Å². The van der Waals surface area contributed by atoms with Gasteiger partial charge in [0.15, 0.2) is 6.10 Å². The summed E-state index contributed by atoms with van der Waals surface area (Å²) in [5, 5.41) is 3.32. The van der Waals surface area contributed by atoms with Crippen molar-refractivity contribution in [3.63, 3.8) is 0 Å². The van der Waals surface area contributed by atoms with E-state index in [4.69, 9.17) is 16.3 Å². The van der Waals surface area contributed by atoms with Crippen LogP contribution in [0.5, 0.6) is 5.75 Å². The van der Waals surface area contributed by atoms with Crippen LogP contribution in [0, 0.1) is 0 Å². The van der Waals surface area contributed by atoms with Crippen molar-refractivity contribution in [2.45, 2.75) is 17.9 Å². The Balaban J connectivity index is 2.01. The molecule has 5 heteroatoms. The first-order valence-electron chi connectivity index (χ1n) is 6.46. The van der Waals surface area contributed by atoms with Crippen LogP contribution in [0.15, 0.2) is 53.4 Å². The molecule has 0 unspecified atom stereocenters. The lowest BCUT2D eigenvalue weighted by Gasteiger charge is -2.15. The summed E-state index contributed by atoms with van der Waals surface area (Å²) in [6, 6.07) is 14.8. The van der Waals surface area contributed by atoms with E-state index >= 15 is 0 Å². The van der Waals surface area contributed by atoms with Gasteiger partial charge in [-0.3, -0.25) is 4.79 Å². The Labute approximate surface area is 133 Å². The van der Waals surface area contributed by atoms with Gasteiger partial charge in [0.25, 0.3) is 5.91 Å². The molecule has 0 saturated carbocycles. The first-order valence-corrected chi connectivity index (χ1v) is 8.06. The first kappa shape index (κ1) is 15.7. The summed E-state index contributed by atoms with van der Waals surface area (Å²) >= 11 is 7.64. The second-order valence-electron chi connectivity index (χ2n) is 4.41. The van der Waals surface area contributed by atoms with E-state index in [1.54, 1.807) is 30.8 Å². The zero-order valence-electron chi connectivity index (χ0n) is 11.8. The van der Waals surface area contributed by atoms with E-state index in [1.165, 1.54) is 0 Å². The SMILES string of the molecule is CSc1cccc(NC(=O)[C@H](C)Oc2ccccc2Cl)c1. The Morgan fingerprint density at radius 2 is 2.00 bits per heavy atom. The maximum atomic E-state index is 12.1. The van der Waals surface area contributed by atoms with Gasteiger partial charge in [-0.05, 0) is 43.5 Å². The van der Waals surface area contributed by atoms with Gasteiger partial charge in [-0.15, -0.1) is 11.8 Å². The third-order valence-corrected chi connectivity index (χ3v) is 3.88. The quantitative estimate of drug-likeness (QED) is 0.826. The number of rotatable bonds is 5. The molecule has 0 radical (unpaired) electrons. The molecule has 0 saturated heterocycles. The van der Waals surface area contributed by atoms with Gasteiger partial charge in [-0.1, -0.05) is 29.8 Å². The van der Waals surface area contributed by atoms with Gasteiger partial charge in [0, 0.05) is 10.6 Å². The molecular formula is C16H16ClNO2S. The number of anilines is 1. The molecule has 2 aromatic carbocycles. The third kappa shape index (κ3) is 4.41. The smallest absolute Gasteiger partial charge is 0.265 e. The predicted molar refractivity (Wildman–Crippen MR) is 88.4 cm³/mol. The van der Waals surface area contributed by atoms with Gasteiger partial charge >= 0.3 is 0 Å². The molecular weight excluding hydrogens is 306 g/mol. The van der Waals surface area contributed by atoms with Crippen LogP contribution in [0.2, 0.25) is 5.02 Å². The van der Waals surface area contributed by atoms with E-state index < -0.39 is 6.10 Å². The number of amides is 1. The highest BCUT2D eigenvalue weighted by Gasteiger charge is 2.16. The standard InChI is InChI=1S/C16H16ClNO2S/c1-11(20-15-9-4-3-8-14(15)17)16(19)18-12-6-5-7-13(10-12)21-2/h3-11H,1-2H3,(H,18,19)/t11-/m0/s1. The second-order valence-corrected chi connectivity index (χ2v) is 5.70. The van der Waals surface area contributed by atoms with Crippen LogP contribution in [-0.4, -0.2) is 18.3 Å². The Kier molecular flexibility index (Phi) is 5.53. The number of carbonyl (C=O) groups is 1. The summed E-state index contributed by atoms with van der Waals surface area (Å²) < 4.78 is 5.59. The highest BCUT2D eigenvalue weighted by atomic mass is 35.5. The number of carbonyl (C=O) groups excluding carboxylic acids is 1. The molecule has 0 bridgehead atoms. The highest BCUT2D eigenvalue weighted by molar-refractivity contribution is 7.98. The molecule has 0 heterocycles. The van der Waals surface area contributed by atoms with Gasteiger partial charge < -0.3 is 10.1 Å². The summed E-state index contributed by atoms with van der Waals surface area (Å²) in [5.74, 6) is 0.285. The molecule has 2 rings (SSSR count). The van der Waals surface area contributed by atoms with E-state index in [2.05, 4.69) is 5.32 Å². The van der Waals surface area contributed by atoms with Crippen molar-refractivity contribution >= 4 is 35.0 Å². The Bertz CT molecular complexity index is 633. The van der Waals surface area contributed by atoms with Crippen molar-refractivity contribution in [2.75, 3.05) is 11.6 Å². The van der Waals surface area contributed by atoms with Crippen LogP contribution in [0.1, 0.15) is 6.92 Å². The number of hydrogen-bond donors (Lipinski definition) is 1. The minimum Gasteiger partial charge on any atom is -0.479 e. The maximum Gasteiger partial charge on any atom is 0.265 e.